The maximum atomic E-state index is 14.8. The van der Waals surface area contributed by atoms with Crippen LogP contribution in [0, 0.1) is 17.6 Å². The van der Waals surface area contributed by atoms with Gasteiger partial charge in [0.05, 0.1) is 34.3 Å². The Hall–Kier alpha value is -4.12. The summed E-state index contributed by atoms with van der Waals surface area (Å²) in [5.74, 6) is -2.53. The third-order valence-electron chi connectivity index (χ3n) is 7.06. The van der Waals surface area contributed by atoms with Gasteiger partial charge in [-0.25, -0.2) is 13.8 Å². The van der Waals surface area contributed by atoms with Crippen LogP contribution in [-0.4, -0.2) is 20.4 Å². The molecule has 3 heterocycles. The molecule has 0 saturated heterocycles. The molecule has 2 atom stereocenters. The van der Waals surface area contributed by atoms with Gasteiger partial charge in [0.15, 0.2) is 5.82 Å². The maximum Gasteiger partial charge on any atom is 0.417 e. The molecular formula is C29H22ClF5N4O2. The zero-order chi connectivity index (χ0) is 29.5. The summed E-state index contributed by atoms with van der Waals surface area (Å²) in [5, 5.41) is 2.30. The second-order valence-electron chi connectivity index (χ2n) is 9.80. The highest BCUT2D eigenvalue weighted by molar-refractivity contribution is 6.31. The number of hydrogen-bond acceptors (Lipinski definition) is 4. The Morgan fingerprint density at radius 2 is 1.78 bits per heavy atom. The van der Waals surface area contributed by atoms with Crippen molar-refractivity contribution in [1.29, 1.82) is 0 Å². The minimum Gasteiger partial charge on any atom is -0.325 e. The predicted octanol–water partition coefficient (Wildman–Crippen LogP) is 7.27. The third kappa shape index (κ3) is 5.72. The van der Waals surface area contributed by atoms with E-state index in [0.717, 1.165) is 18.5 Å². The average molecular weight is 589 g/mol. The monoisotopic (exact) mass is 588 g/mol. The standard InChI is InChI=1S/C29H22ClF5N4O2/c1-15-3-2-4-24(22-11-16(9-10-36-22)18-12-17(31)5-8-21(18)38-28(15)41)39-14-37-23(13-25(39)40)26-19(29(33,34)35)6-7-20(30)27(26)32/h5-15,24H,2-4H2,1H3,(H,38,41). The number of amides is 1. The molecule has 1 N–H and O–H groups in total. The van der Waals surface area contributed by atoms with Gasteiger partial charge in [-0.05, 0) is 60.9 Å². The lowest BCUT2D eigenvalue weighted by atomic mass is 9.95. The van der Waals surface area contributed by atoms with Crippen LogP contribution in [-0.2, 0) is 11.0 Å². The fourth-order valence-electron chi connectivity index (χ4n) is 4.91. The molecule has 2 aromatic heterocycles. The minimum atomic E-state index is -4.92. The first-order chi connectivity index (χ1) is 19.4. The lowest BCUT2D eigenvalue weighted by Crippen LogP contribution is -2.27. The van der Waals surface area contributed by atoms with Gasteiger partial charge in [0.25, 0.3) is 5.56 Å². The van der Waals surface area contributed by atoms with Crippen LogP contribution in [0.5, 0.6) is 0 Å². The second-order valence-corrected chi connectivity index (χ2v) is 10.2. The quantitative estimate of drug-likeness (QED) is 0.250. The summed E-state index contributed by atoms with van der Waals surface area (Å²) >= 11 is 5.76. The van der Waals surface area contributed by atoms with Gasteiger partial charge in [0.1, 0.15) is 5.82 Å². The van der Waals surface area contributed by atoms with Crippen molar-refractivity contribution in [1.82, 2.24) is 14.5 Å². The van der Waals surface area contributed by atoms with E-state index < -0.39 is 57.2 Å². The number of nitrogens with zero attached hydrogens (tertiary/aromatic N) is 3. The Kier molecular flexibility index (Phi) is 7.65. The molecule has 1 aliphatic rings. The van der Waals surface area contributed by atoms with E-state index in [4.69, 9.17) is 11.6 Å². The average Bonchev–Trinajstić information content (AvgIpc) is 2.92. The van der Waals surface area contributed by atoms with Gasteiger partial charge in [-0.3, -0.25) is 19.1 Å². The van der Waals surface area contributed by atoms with Crippen molar-refractivity contribution in [3.63, 3.8) is 0 Å². The van der Waals surface area contributed by atoms with Crippen molar-refractivity contribution in [2.24, 2.45) is 5.92 Å². The van der Waals surface area contributed by atoms with Crippen molar-refractivity contribution in [2.75, 3.05) is 5.32 Å². The smallest absolute Gasteiger partial charge is 0.325 e. The Morgan fingerprint density at radius 1 is 1.00 bits per heavy atom. The van der Waals surface area contributed by atoms with Gasteiger partial charge in [-0.1, -0.05) is 24.9 Å². The first-order valence-corrected chi connectivity index (χ1v) is 13.0. The molecule has 6 nitrogen and oxygen atoms in total. The molecule has 2 unspecified atom stereocenters. The van der Waals surface area contributed by atoms with Crippen LogP contribution in [0.2, 0.25) is 5.02 Å². The number of halogens is 6. The summed E-state index contributed by atoms with van der Waals surface area (Å²) in [7, 11) is 0. The summed E-state index contributed by atoms with van der Waals surface area (Å²) in [6.45, 7) is 1.75. The van der Waals surface area contributed by atoms with Crippen LogP contribution in [0.1, 0.15) is 43.5 Å². The fourth-order valence-corrected chi connectivity index (χ4v) is 5.07. The van der Waals surface area contributed by atoms with E-state index in [0.29, 0.717) is 47.8 Å². The van der Waals surface area contributed by atoms with E-state index >= 15 is 0 Å². The SMILES string of the molecule is CC1CCCC(n2cnc(-c3c(C(F)(F)F)ccc(Cl)c3F)cc2=O)c2cc(ccn2)-c2cc(F)ccc2NC1=O. The van der Waals surface area contributed by atoms with Crippen LogP contribution in [0.15, 0.2) is 65.8 Å². The maximum absolute atomic E-state index is 14.8. The topological polar surface area (TPSA) is 76.9 Å². The molecule has 41 heavy (non-hydrogen) atoms. The third-order valence-corrected chi connectivity index (χ3v) is 7.36. The van der Waals surface area contributed by atoms with Crippen LogP contribution in [0.4, 0.5) is 27.6 Å². The summed E-state index contributed by atoms with van der Waals surface area (Å²) in [4.78, 5) is 34.6. The summed E-state index contributed by atoms with van der Waals surface area (Å²) in [6.07, 6.45) is -1.14. The Labute approximate surface area is 235 Å². The lowest BCUT2D eigenvalue weighted by Gasteiger charge is -2.23. The van der Waals surface area contributed by atoms with Crippen LogP contribution in [0.3, 0.4) is 0 Å². The molecule has 12 heteroatoms. The zero-order valence-corrected chi connectivity index (χ0v) is 22.2. The van der Waals surface area contributed by atoms with Gasteiger partial charge < -0.3 is 5.32 Å². The highest BCUT2D eigenvalue weighted by Crippen LogP contribution is 2.40. The number of pyridine rings is 1. The van der Waals surface area contributed by atoms with Crippen molar-refractivity contribution >= 4 is 23.2 Å². The van der Waals surface area contributed by atoms with Crippen molar-refractivity contribution in [3.8, 4) is 22.4 Å². The van der Waals surface area contributed by atoms with E-state index in [1.165, 1.54) is 29.0 Å². The molecule has 2 aromatic carbocycles. The van der Waals surface area contributed by atoms with E-state index in [2.05, 4.69) is 15.3 Å². The van der Waals surface area contributed by atoms with Crippen LogP contribution >= 0.6 is 11.6 Å². The molecule has 0 saturated carbocycles. The van der Waals surface area contributed by atoms with Crippen molar-refractivity contribution in [2.45, 2.75) is 38.4 Å². The number of benzene rings is 2. The molecule has 212 valence electrons. The molecular weight excluding hydrogens is 567 g/mol. The van der Waals surface area contributed by atoms with Gasteiger partial charge in [-0.2, -0.15) is 13.2 Å². The summed E-state index contributed by atoms with van der Waals surface area (Å²) in [5.41, 5.74) is -1.76. The lowest BCUT2D eigenvalue weighted by molar-refractivity contribution is -0.137. The first kappa shape index (κ1) is 28.4. The highest BCUT2D eigenvalue weighted by atomic mass is 35.5. The minimum absolute atomic E-state index is 0.253. The fraction of sp³-hybridized carbons (Fsp3) is 0.241. The highest BCUT2D eigenvalue weighted by Gasteiger charge is 2.36. The van der Waals surface area contributed by atoms with E-state index in [-0.39, 0.29) is 5.91 Å². The van der Waals surface area contributed by atoms with E-state index in [9.17, 15) is 31.5 Å². The Morgan fingerprint density at radius 3 is 2.51 bits per heavy atom. The van der Waals surface area contributed by atoms with Gasteiger partial charge in [0.2, 0.25) is 5.91 Å². The van der Waals surface area contributed by atoms with E-state index in [1.54, 1.807) is 19.1 Å². The summed E-state index contributed by atoms with van der Waals surface area (Å²) in [6, 6.07) is 8.78. The first-order valence-electron chi connectivity index (χ1n) is 12.6. The molecule has 0 radical (unpaired) electrons. The molecule has 5 rings (SSSR count). The second kappa shape index (κ2) is 11.0. The van der Waals surface area contributed by atoms with Gasteiger partial charge in [-0.15, -0.1) is 0 Å². The number of fused-ring (bicyclic) bond motifs is 4. The zero-order valence-electron chi connectivity index (χ0n) is 21.5. The largest absolute Gasteiger partial charge is 0.417 e. The number of rotatable bonds is 2. The normalized spacial score (nSPS) is 17.7. The van der Waals surface area contributed by atoms with Crippen LogP contribution in [0.25, 0.3) is 22.4 Å². The molecule has 0 spiro atoms. The molecule has 4 aromatic rings. The number of aromatic nitrogens is 3. The van der Waals surface area contributed by atoms with Crippen LogP contribution < -0.4 is 10.9 Å². The number of carbonyl (C=O) groups excluding carboxylic acids is 1. The van der Waals surface area contributed by atoms with Gasteiger partial charge in [0, 0.05) is 35.0 Å². The van der Waals surface area contributed by atoms with Gasteiger partial charge >= 0.3 is 6.18 Å². The molecule has 1 amide bonds. The number of anilines is 1. The molecule has 0 fully saturated rings. The van der Waals surface area contributed by atoms with E-state index in [1.807, 2.05) is 0 Å². The number of carbonyl (C=O) groups is 1. The number of hydrogen-bond donors (Lipinski definition) is 1. The molecule has 2 bridgehead atoms. The Balaban J connectivity index is 1.63. The number of nitrogens with one attached hydrogen (secondary N) is 1. The molecule has 1 aliphatic heterocycles. The predicted molar refractivity (Wildman–Crippen MR) is 143 cm³/mol. The number of alkyl halides is 3. The van der Waals surface area contributed by atoms with Crippen molar-refractivity contribution < 1.29 is 26.7 Å². The Bertz CT molecular complexity index is 1710. The summed E-state index contributed by atoms with van der Waals surface area (Å²) < 4.78 is 71.2. The van der Waals surface area contributed by atoms with Crippen molar-refractivity contribution in [3.05, 3.63) is 99.3 Å². The molecule has 0 aliphatic carbocycles.